The molecule has 4 heteroatoms. The van der Waals surface area contributed by atoms with Crippen LogP contribution in [0.5, 0.6) is 0 Å². The van der Waals surface area contributed by atoms with Gasteiger partial charge in [0.15, 0.2) is 0 Å². The standard InChI is InChI=1S/C15H28N2O2/c1-2-16-8-4-6-14(7-10-16)17-9-3-5-13(12-17)11-15(18)19/h13-14H,2-12H2,1H3,(H,18,19). The first kappa shape index (κ1) is 14.8. The fourth-order valence-electron chi connectivity index (χ4n) is 3.66. The van der Waals surface area contributed by atoms with E-state index >= 15 is 0 Å². The minimum absolute atomic E-state index is 0.351. The fourth-order valence-corrected chi connectivity index (χ4v) is 3.66. The topological polar surface area (TPSA) is 43.8 Å². The van der Waals surface area contributed by atoms with Crippen LogP contribution >= 0.6 is 0 Å². The third-order valence-corrected chi connectivity index (χ3v) is 4.77. The van der Waals surface area contributed by atoms with Gasteiger partial charge < -0.3 is 14.9 Å². The maximum atomic E-state index is 10.9. The van der Waals surface area contributed by atoms with E-state index in [0.29, 0.717) is 18.4 Å². The van der Waals surface area contributed by atoms with Gasteiger partial charge in [-0.15, -0.1) is 0 Å². The number of carboxylic acid groups (broad SMARTS) is 1. The molecule has 4 nitrogen and oxygen atoms in total. The zero-order valence-electron chi connectivity index (χ0n) is 12.2. The zero-order chi connectivity index (χ0) is 13.7. The van der Waals surface area contributed by atoms with Crippen LogP contribution in [0.1, 0.15) is 45.4 Å². The number of carbonyl (C=O) groups is 1. The van der Waals surface area contributed by atoms with Crippen molar-refractivity contribution in [3.63, 3.8) is 0 Å². The van der Waals surface area contributed by atoms with E-state index in [4.69, 9.17) is 5.11 Å². The van der Waals surface area contributed by atoms with Crippen molar-refractivity contribution in [2.24, 2.45) is 5.92 Å². The number of piperidine rings is 1. The van der Waals surface area contributed by atoms with E-state index in [9.17, 15) is 4.79 Å². The lowest BCUT2D eigenvalue weighted by Crippen LogP contribution is -2.43. The highest BCUT2D eigenvalue weighted by molar-refractivity contribution is 5.67. The molecule has 2 unspecified atom stereocenters. The molecule has 2 aliphatic rings. The number of likely N-dealkylation sites (tertiary alicyclic amines) is 2. The van der Waals surface area contributed by atoms with Gasteiger partial charge in [-0.05, 0) is 64.2 Å². The van der Waals surface area contributed by atoms with Gasteiger partial charge in [-0.2, -0.15) is 0 Å². The second kappa shape index (κ2) is 7.25. The summed E-state index contributed by atoms with van der Waals surface area (Å²) in [5, 5.41) is 8.95. The Morgan fingerprint density at radius 2 is 1.95 bits per heavy atom. The minimum atomic E-state index is -0.634. The van der Waals surface area contributed by atoms with Crippen molar-refractivity contribution in [2.75, 3.05) is 32.7 Å². The summed E-state index contributed by atoms with van der Waals surface area (Å²) in [6.45, 7) is 8.02. The average molecular weight is 268 g/mol. The summed E-state index contributed by atoms with van der Waals surface area (Å²) < 4.78 is 0. The Hall–Kier alpha value is -0.610. The maximum Gasteiger partial charge on any atom is 0.303 e. The normalized spacial score (nSPS) is 31.0. The lowest BCUT2D eigenvalue weighted by Gasteiger charge is -2.37. The van der Waals surface area contributed by atoms with Crippen LogP contribution in [0.3, 0.4) is 0 Å². The molecule has 0 aromatic heterocycles. The molecule has 0 radical (unpaired) electrons. The van der Waals surface area contributed by atoms with Crippen molar-refractivity contribution in [1.29, 1.82) is 0 Å². The van der Waals surface area contributed by atoms with Gasteiger partial charge in [0.1, 0.15) is 0 Å². The first-order valence-corrected chi connectivity index (χ1v) is 7.87. The highest BCUT2D eigenvalue weighted by Gasteiger charge is 2.28. The first-order chi connectivity index (χ1) is 9.19. The van der Waals surface area contributed by atoms with Crippen LogP contribution in [-0.2, 0) is 4.79 Å². The molecule has 19 heavy (non-hydrogen) atoms. The molecule has 2 rings (SSSR count). The Morgan fingerprint density at radius 1 is 1.16 bits per heavy atom. The Morgan fingerprint density at radius 3 is 2.68 bits per heavy atom. The molecule has 0 amide bonds. The van der Waals surface area contributed by atoms with Gasteiger partial charge in [-0.3, -0.25) is 4.79 Å². The molecule has 0 aromatic carbocycles. The van der Waals surface area contributed by atoms with Crippen molar-refractivity contribution in [3.05, 3.63) is 0 Å². The molecule has 110 valence electrons. The smallest absolute Gasteiger partial charge is 0.303 e. The Kier molecular flexibility index (Phi) is 5.64. The molecular weight excluding hydrogens is 240 g/mol. The van der Waals surface area contributed by atoms with Crippen LogP contribution in [0.4, 0.5) is 0 Å². The molecule has 2 atom stereocenters. The first-order valence-electron chi connectivity index (χ1n) is 7.87. The van der Waals surface area contributed by atoms with Crippen molar-refractivity contribution < 1.29 is 9.90 Å². The predicted molar refractivity (Wildman–Crippen MR) is 76.3 cm³/mol. The average Bonchev–Trinajstić information content (AvgIpc) is 2.63. The van der Waals surface area contributed by atoms with E-state index in [0.717, 1.165) is 19.5 Å². The number of hydrogen-bond donors (Lipinski definition) is 1. The monoisotopic (exact) mass is 268 g/mol. The van der Waals surface area contributed by atoms with Crippen LogP contribution in [0.2, 0.25) is 0 Å². The van der Waals surface area contributed by atoms with Crippen molar-refractivity contribution in [2.45, 2.75) is 51.5 Å². The van der Waals surface area contributed by atoms with Gasteiger partial charge in [0, 0.05) is 19.0 Å². The quantitative estimate of drug-likeness (QED) is 0.847. The van der Waals surface area contributed by atoms with Crippen molar-refractivity contribution >= 4 is 5.97 Å². The minimum Gasteiger partial charge on any atom is -0.481 e. The van der Waals surface area contributed by atoms with Gasteiger partial charge in [0.05, 0.1) is 0 Å². The van der Waals surface area contributed by atoms with Crippen LogP contribution in [0, 0.1) is 5.92 Å². The molecule has 0 bridgehead atoms. The molecule has 0 aliphatic carbocycles. The van der Waals surface area contributed by atoms with Gasteiger partial charge >= 0.3 is 5.97 Å². The summed E-state index contributed by atoms with van der Waals surface area (Å²) in [7, 11) is 0. The summed E-state index contributed by atoms with van der Waals surface area (Å²) in [6, 6.07) is 0.688. The van der Waals surface area contributed by atoms with Crippen molar-refractivity contribution in [3.8, 4) is 0 Å². The number of hydrogen-bond acceptors (Lipinski definition) is 3. The van der Waals surface area contributed by atoms with Gasteiger partial charge in [-0.25, -0.2) is 0 Å². The summed E-state index contributed by atoms with van der Waals surface area (Å²) in [6.07, 6.45) is 6.45. The number of nitrogens with zero attached hydrogens (tertiary/aromatic N) is 2. The van der Waals surface area contributed by atoms with E-state index in [1.807, 2.05) is 0 Å². The van der Waals surface area contributed by atoms with E-state index in [1.165, 1.54) is 45.3 Å². The van der Waals surface area contributed by atoms with Gasteiger partial charge in [-0.1, -0.05) is 6.92 Å². The predicted octanol–water partition coefficient (Wildman–Crippen LogP) is 2.05. The third-order valence-electron chi connectivity index (χ3n) is 4.77. The second-order valence-corrected chi connectivity index (χ2v) is 6.12. The Bertz CT molecular complexity index is 296. The van der Waals surface area contributed by atoms with Crippen LogP contribution in [-0.4, -0.2) is 59.6 Å². The SMILES string of the molecule is CCN1CCCC(N2CCCC(CC(=O)O)C2)CC1. The van der Waals surface area contributed by atoms with E-state index in [2.05, 4.69) is 16.7 Å². The van der Waals surface area contributed by atoms with E-state index < -0.39 is 5.97 Å². The van der Waals surface area contributed by atoms with Gasteiger partial charge in [0.2, 0.25) is 0 Å². The Balaban J connectivity index is 1.84. The molecule has 1 N–H and O–H groups in total. The third kappa shape index (κ3) is 4.46. The highest BCUT2D eigenvalue weighted by Crippen LogP contribution is 2.25. The van der Waals surface area contributed by atoms with Crippen LogP contribution < -0.4 is 0 Å². The molecular formula is C15H28N2O2. The van der Waals surface area contributed by atoms with E-state index in [1.54, 1.807) is 0 Å². The fraction of sp³-hybridized carbons (Fsp3) is 0.933. The molecule has 2 saturated heterocycles. The van der Waals surface area contributed by atoms with Gasteiger partial charge in [0.25, 0.3) is 0 Å². The number of aliphatic carboxylic acids is 1. The van der Waals surface area contributed by atoms with Crippen LogP contribution in [0.15, 0.2) is 0 Å². The maximum absolute atomic E-state index is 10.9. The van der Waals surface area contributed by atoms with E-state index in [-0.39, 0.29) is 0 Å². The molecule has 2 fully saturated rings. The molecule has 0 aromatic rings. The lowest BCUT2D eigenvalue weighted by atomic mass is 9.92. The highest BCUT2D eigenvalue weighted by atomic mass is 16.4. The van der Waals surface area contributed by atoms with Crippen molar-refractivity contribution in [1.82, 2.24) is 9.80 Å². The second-order valence-electron chi connectivity index (χ2n) is 6.12. The summed E-state index contributed by atoms with van der Waals surface area (Å²) in [5.41, 5.74) is 0. The molecule has 2 aliphatic heterocycles. The largest absolute Gasteiger partial charge is 0.481 e. The van der Waals surface area contributed by atoms with Crippen LogP contribution in [0.25, 0.3) is 0 Å². The number of rotatable bonds is 4. The Labute approximate surface area is 116 Å². The molecule has 0 spiro atoms. The lowest BCUT2D eigenvalue weighted by molar-refractivity contribution is -0.138. The zero-order valence-corrected chi connectivity index (χ0v) is 12.2. The summed E-state index contributed by atoms with van der Waals surface area (Å²) in [4.78, 5) is 16.0. The summed E-state index contributed by atoms with van der Waals surface area (Å²) in [5.74, 6) is -0.262. The molecule has 0 saturated carbocycles. The number of carboxylic acids is 1. The molecule has 2 heterocycles. The summed E-state index contributed by atoms with van der Waals surface area (Å²) >= 11 is 0.